The zero-order chi connectivity index (χ0) is 19.2. The highest BCUT2D eigenvalue weighted by atomic mass is 127. The summed E-state index contributed by atoms with van der Waals surface area (Å²) in [5.41, 5.74) is 0.328. The van der Waals surface area contributed by atoms with Crippen molar-refractivity contribution < 1.29 is 9.47 Å². The standard InChI is InChI=1S/C22H40N4O2.HI/c1-23-21(25-14-16-28-20(17-25)19-9-8-15-27-19)24-18-22(10-4-2-5-11-22)26-12-6-3-7-13-26;/h19-20H,2-18H2,1H3,(H,23,24);1H. The maximum Gasteiger partial charge on any atom is 0.193 e. The number of rotatable bonds is 4. The lowest BCUT2D eigenvalue weighted by molar-refractivity contribution is -0.0818. The summed E-state index contributed by atoms with van der Waals surface area (Å²) >= 11 is 0. The summed E-state index contributed by atoms with van der Waals surface area (Å²) in [6, 6.07) is 0. The van der Waals surface area contributed by atoms with Crippen molar-refractivity contribution in [1.82, 2.24) is 15.1 Å². The van der Waals surface area contributed by atoms with Crippen LogP contribution in [0.2, 0.25) is 0 Å². The van der Waals surface area contributed by atoms with Crippen LogP contribution in [-0.4, -0.2) is 86.5 Å². The van der Waals surface area contributed by atoms with Crippen LogP contribution >= 0.6 is 24.0 Å². The molecule has 29 heavy (non-hydrogen) atoms. The van der Waals surface area contributed by atoms with Gasteiger partial charge in [-0.1, -0.05) is 25.7 Å². The van der Waals surface area contributed by atoms with E-state index in [2.05, 4.69) is 20.1 Å². The largest absolute Gasteiger partial charge is 0.375 e. The first kappa shape index (κ1) is 23.5. The minimum atomic E-state index is 0. The second kappa shape index (κ2) is 11.5. The number of ether oxygens (including phenoxy) is 2. The van der Waals surface area contributed by atoms with Crippen LogP contribution in [0.25, 0.3) is 0 Å². The highest BCUT2D eigenvalue weighted by Gasteiger charge is 2.39. The molecule has 0 bridgehead atoms. The Labute approximate surface area is 194 Å². The molecule has 4 fully saturated rings. The zero-order valence-corrected chi connectivity index (χ0v) is 20.6. The summed E-state index contributed by atoms with van der Waals surface area (Å²) in [6.45, 7) is 7.04. The minimum absolute atomic E-state index is 0. The van der Waals surface area contributed by atoms with Crippen LogP contribution in [0.1, 0.15) is 64.2 Å². The van der Waals surface area contributed by atoms with Crippen LogP contribution in [0.4, 0.5) is 0 Å². The van der Waals surface area contributed by atoms with Gasteiger partial charge < -0.3 is 19.7 Å². The van der Waals surface area contributed by atoms with Gasteiger partial charge in [-0.15, -0.1) is 24.0 Å². The quantitative estimate of drug-likeness (QED) is 0.351. The third kappa shape index (κ3) is 5.77. The highest BCUT2D eigenvalue weighted by molar-refractivity contribution is 14.0. The molecule has 4 aliphatic rings. The second-order valence-corrected chi connectivity index (χ2v) is 9.14. The van der Waals surface area contributed by atoms with Gasteiger partial charge in [0.05, 0.1) is 12.7 Å². The molecule has 0 spiro atoms. The molecule has 4 rings (SSSR count). The number of likely N-dealkylation sites (tertiary alicyclic amines) is 1. The fraction of sp³-hybridized carbons (Fsp3) is 0.955. The maximum absolute atomic E-state index is 6.04. The number of guanidine groups is 1. The molecule has 3 saturated heterocycles. The first-order valence-corrected chi connectivity index (χ1v) is 11.7. The molecular weight excluding hydrogens is 479 g/mol. The molecule has 0 aromatic heterocycles. The predicted octanol–water partition coefficient (Wildman–Crippen LogP) is 3.25. The van der Waals surface area contributed by atoms with Gasteiger partial charge in [-0.3, -0.25) is 9.89 Å². The lowest BCUT2D eigenvalue weighted by Crippen LogP contribution is -2.60. The molecule has 0 amide bonds. The third-order valence-corrected chi connectivity index (χ3v) is 7.37. The fourth-order valence-corrected chi connectivity index (χ4v) is 5.75. The average molecular weight is 521 g/mol. The van der Waals surface area contributed by atoms with E-state index in [1.807, 2.05) is 7.05 Å². The SMILES string of the molecule is CN=C(NCC1(N2CCCCC2)CCCCC1)N1CCOC(C2CCCO2)C1.I. The number of hydrogen-bond donors (Lipinski definition) is 1. The van der Waals surface area contributed by atoms with Crippen molar-refractivity contribution in [1.29, 1.82) is 0 Å². The Morgan fingerprint density at radius 2 is 1.66 bits per heavy atom. The molecule has 7 heteroatoms. The van der Waals surface area contributed by atoms with Crippen molar-refractivity contribution in [2.24, 2.45) is 4.99 Å². The van der Waals surface area contributed by atoms with Crippen LogP contribution in [0.15, 0.2) is 4.99 Å². The number of morpholine rings is 1. The van der Waals surface area contributed by atoms with Crippen LogP contribution in [0.3, 0.4) is 0 Å². The fourth-order valence-electron chi connectivity index (χ4n) is 5.75. The van der Waals surface area contributed by atoms with Crippen molar-refractivity contribution in [2.75, 3.05) is 53.0 Å². The normalized spacial score (nSPS) is 31.3. The number of piperidine rings is 1. The molecule has 2 unspecified atom stereocenters. The molecule has 0 radical (unpaired) electrons. The van der Waals surface area contributed by atoms with Crippen LogP contribution in [0, 0.1) is 0 Å². The summed E-state index contributed by atoms with van der Waals surface area (Å²) < 4.78 is 11.9. The summed E-state index contributed by atoms with van der Waals surface area (Å²) in [5.74, 6) is 1.05. The second-order valence-electron chi connectivity index (χ2n) is 9.14. The molecule has 3 heterocycles. The van der Waals surface area contributed by atoms with E-state index in [-0.39, 0.29) is 36.2 Å². The van der Waals surface area contributed by atoms with Crippen molar-refractivity contribution in [3.05, 3.63) is 0 Å². The van der Waals surface area contributed by atoms with Crippen LogP contribution in [-0.2, 0) is 9.47 Å². The number of hydrogen-bond acceptors (Lipinski definition) is 4. The Morgan fingerprint density at radius 1 is 0.931 bits per heavy atom. The molecule has 0 aromatic rings. The van der Waals surface area contributed by atoms with E-state index in [9.17, 15) is 0 Å². The maximum atomic E-state index is 6.04. The van der Waals surface area contributed by atoms with Gasteiger partial charge in [0.2, 0.25) is 0 Å². The number of halogens is 1. The summed E-state index contributed by atoms with van der Waals surface area (Å²) in [7, 11) is 1.92. The third-order valence-electron chi connectivity index (χ3n) is 7.37. The van der Waals surface area contributed by atoms with Crippen molar-refractivity contribution in [3.63, 3.8) is 0 Å². The topological polar surface area (TPSA) is 49.3 Å². The van der Waals surface area contributed by atoms with E-state index in [0.717, 1.165) is 51.6 Å². The van der Waals surface area contributed by atoms with Gasteiger partial charge in [0, 0.05) is 38.8 Å². The molecule has 1 aliphatic carbocycles. The zero-order valence-electron chi connectivity index (χ0n) is 18.2. The highest BCUT2D eigenvalue weighted by Crippen LogP contribution is 2.35. The summed E-state index contributed by atoms with van der Waals surface area (Å²) in [4.78, 5) is 9.85. The molecule has 168 valence electrons. The summed E-state index contributed by atoms with van der Waals surface area (Å²) in [6.07, 6.45) is 13.7. The van der Waals surface area contributed by atoms with Crippen LogP contribution in [0.5, 0.6) is 0 Å². The molecule has 3 aliphatic heterocycles. The Morgan fingerprint density at radius 3 is 2.34 bits per heavy atom. The van der Waals surface area contributed by atoms with Gasteiger partial charge in [-0.05, 0) is 51.6 Å². The molecule has 0 aromatic carbocycles. The first-order chi connectivity index (χ1) is 13.8. The average Bonchev–Trinajstić information content (AvgIpc) is 3.31. The Hall–Kier alpha value is -0.120. The number of nitrogens with zero attached hydrogens (tertiary/aromatic N) is 3. The van der Waals surface area contributed by atoms with Gasteiger partial charge in [-0.2, -0.15) is 0 Å². The molecular formula is C22H41IN4O2. The van der Waals surface area contributed by atoms with Crippen molar-refractivity contribution in [3.8, 4) is 0 Å². The Kier molecular flexibility index (Phi) is 9.32. The van der Waals surface area contributed by atoms with Gasteiger partial charge in [0.25, 0.3) is 0 Å². The van der Waals surface area contributed by atoms with E-state index in [1.165, 1.54) is 64.5 Å². The first-order valence-electron chi connectivity index (χ1n) is 11.7. The van der Waals surface area contributed by atoms with E-state index < -0.39 is 0 Å². The van der Waals surface area contributed by atoms with E-state index in [1.54, 1.807) is 0 Å². The van der Waals surface area contributed by atoms with Gasteiger partial charge in [0.1, 0.15) is 6.10 Å². The Balaban J connectivity index is 0.00000240. The molecule has 1 N–H and O–H groups in total. The van der Waals surface area contributed by atoms with Gasteiger partial charge in [-0.25, -0.2) is 0 Å². The molecule has 2 atom stereocenters. The smallest absolute Gasteiger partial charge is 0.193 e. The van der Waals surface area contributed by atoms with E-state index >= 15 is 0 Å². The number of nitrogens with one attached hydrogen (secondary N) is 1. The molecule has 1 saturated carbocycles. The van der Waals surface area contributed by atoms with Gasteiger partial charge >= 0.3 is 0 Å². The van der Waals surface area contributed by atoms with Crippen LogP contribution < -0.4 is 5.32 Å². The Bertz CT molecular complexity index is 515. The van der Waals surface area contributed by atoms with Gasteiger partial charge in [0.15, 0.2) is 5.96 Å². The lowest BCUT2D eigenvalue weighted by Gasteiger charge is -2.49. The van der Waals surface area contributed by atoms with E-state index in [4.69, 9.17) is 9.47 Å². The number of aliphatic imine (C=N–C) groups is 1. The van der Waals surface area contributed by atoms with E-state index in [0.29, 0.717) is 5.54 Å². The summed E-state index contributed by atoms with van der Waals surface area (Å²) in [5, 5.41) is 3.80. The lowest BCUT2D eigenvalue weighted by atomic mass is 9.79. The monoisotopic (exact) mass is 520 g/mol. The van der Waals surface area contributed by atoms with Crippen molar-refractivity contribution >= 4 is 29.9 Å². The predicted molar refractivity (Wildman–Crippen MR) is 128 cm³/mol. The molecule has 6 nitrogen and oxygen atoms in total. The van der Waals surface area contributed by atoms with Crippen molar-refractivity contribution in [2.45, 2.75) is 82.0 Å². The minimum Gasteiger partial charge on any atom is -0.375 e.